The van der Waals surface area contributed by atoms with Crippen molar-refractivity contribution in [2.24, 2.45) is 0 Å². The summed E-state index contributed by atoms with van der Waals surface area (Å²) in [5.41, 5.74) is 0. The quantitative estimate of drug-likeness (QED) is 0.504. The van der Waals surface area contributed by atoms with E-state index in [4.69, 9.17) is 0 Å². The molecule has 4 heteroatoms. The summed E-state index contributed by atoms with van der Waals surface area (Å²) < 4.78 is 3.51. The third kappa shape index (κ3) is 1.50. The minimum atomic E-state index is 0. The Hall–Kier alpha value is 0.0795. The van der Waals surface area contributed by atoms with Crippen molar-refractivity contribution in [3.8, 4) is 0 Å². The maximum absolute atomic E-state index is 3.51. The van der Waals surface area contributed by atoms with E-state index < -0.39 is 0 Å². The number of hydrogen-bond acceptors (Lipinski definition) is 3. The summed E-state index contributed by atoms with van der Waals surface area (Å²) in [6, 6.07) is 0. The molecule has 0 saturated carbocycles. The Morgan fingerprint density at radius 3 is 2.50 bits per heavy atom. The van der Waals surface area contributed by atoms with E-state index in [1.165, 1.54) is 11.5 Å². The third-order valence-electron chi connectivity index (χ3n) is 0.283. The summed E-state index contributed by atoms with van der Waals surface area (Å²) in [4.78, 5) is 0. The van der Waals surface area contributed by atoms with Crippen LogP contribution in [0.2, 0.25) is 0 Å². The van der Waals surface area contributed by atoms with E-state index in [-0.39, 0.29) is 17.1 Å². The summed E-state index contributed by atoms with van der Waals surface area (Å²) >= 11 is 1.35. The van der Waals surface area contributed by atoms with Crippen LogP contribution in [0.3, 0.4) is 0 Å². The van der Waals surface area contributed by atoms with Crippen molar-refractivity contribution in [3.05, 3.63) is 11.6 Å². The average Bonchev–Trinajstić information content (AvgIpc) is 1.76. The monoisotopic (exact) mass is 149 g/mol. The smallest absolute Gasteiger partial charge is 0.0620 e. The third-order valence-corrected chi connectivity index (χ3v) is 0.715. The van der Waals surface area contributed by atoms with Gasteiger partial charge in [0, 0.05) is 22.4 Å². The van der Waals surface area contributed by atoms with Gasteiger partial charge in [-0.05, 0) is 11.5 Å². The van der Waals surface area contributed by atoms with Crippen LogP contribution in [-0.2, 0) is 17.1 Å². The molecule has 1 aromatic heterocycles. The van der Waals surface area contributed by atoms with Crippen LogP contribution in [-0.4, -0.2) is 9.59 Å². The van der Waals surface area contributed by atoms with Crippen molar-refractivity contribution in [1.82, 2.24) is 9.59 Å². The molecule has 0 fully saturated rings. The summed E-state index contributed by atoms with van der Waals surface area (Å²) in [6.07, 6.45) is 1.66. The maximum atomic E-state index is 3.51. The fourth-order valence-electron chi connectivity index (χ4n) is 0.136. The van der Waals surface area contributed by atoms with Crippen molar-refractivity contribution < 1.29 is 17.1 Å². The molecule has 0 atom stereocenters. The van der Waals surface area contributed by atoms with Gasteiger partial charge in [-0.2, -0.15) is 0 Å². The predicted molar refractivity (Wildman–Crippen MR) is 19.9 cm³/mol. The van der Waals surface area contributed by atoms with Gasteiger partial charge in [0.2, 0.25) is 0 Å². The first kappa shape index (κ1) is 6.08. The molecule has 0 aliphatic rings. The predicted octanol–water partition coefficient (Wildman–Crippen LogP) is 0.536. The Bertz CT molecular complexity index is 68.0. The molecule has 0 bridgehead atoms. The van der Waals surface area contributed by atoms with Crippen molar-refractivity contribution in [3.63, 3.8) is 0 Å². The topological polar surface area (TPSA) is 25.8 Å². The molecule has 0 aliphatic heterocycles. The molecule has 2 nitrogen and oxygen atoms in total. The van der Waals surface area contributed by atoms with Crippen LogP contribution in [0, 0.1) is 0 Å². The van der Waals surface area contributed by atoms with E-state index in [0.29, 0.717) is 0 Å². The Kier molecular flexibility index (Phi) is 3.32. The summed E-state index contributed by atoms with van der Waals surface area (Å²) in [7, 11) is 0. The van der Waals surface area contributed by atoms with Crippen molar-refractivity contribution in [1.29, 1.82) is 0 Å². The molecule has 1 aromatic rings. The first-order valence-electron chi connectivity index (χ1n) is 1.21. The van der Waals surface area contributed by atoms with Crippen molar-refractivity contribution in [2.75, 3.05) is 0 Å². The minimum Gasteiger partial charge on any atom is -0.147 e. The van der Waals surface area contributed by atoms with E-state index in [0.717, 1.165) is 0 Å². The molecule has 0 amide bonds. The van der Waals surface area contributed by atoms with Gasteiger partial charge in [-0.3, -0.25) is 0 Å². The van der Waals surface area contributed by atoms with Gasteiger partial charge < -0.3 is 0 Å². The number of nitrogens with zero attached hydrogens (tertiary/aromatic N) is 2. The Balaban J connectivity index is 0.000000250. The zero-order valence-corrected chi connectivity index (χ0v) is 4.52. The Labute approximate surface area is 50.2 Å². The van der Waals surface area contributed by atoms with Crippen LogP contribution >= 0.6 is 11.5 Å². The van der Waals surface area contributed by atoms with Gasteiger partial charge in [-0.25, -0.2) is 0 Å². The van der Waals surface area contributed by atoms with Crippen LogP contribution in [0.25, 0.3) is 0 Å². The molecule has 1 radical (unpaired) electrons. The Morgan fingerprint density at radius 1 is 1.50 bits per heavy atom. The van der Waals surface area contributed by atoms with Crippen LogP contribution in [0.15, 0.2) is 11.6 Å². The molecule has 0 N–H and O–H groups in total. The fraction of sp³-hybridized carbons (Fsp3) is 0. The SMILES string of the molecule is [Cu].c1csnn1. The van der Waals surface area contributed by atoms with Crippen LogP contribution in [0.4, 0.5) is 0 Å². The molecule has 0 spiro atoms. The van der Waals surface area contributed by atoms with Crippen LogP contribution in [0.5, 0.6) is 0 Å². The van der Waals surface area contributed by atoms with Crippen molar-refractivity contribution in [2.45, 2.75) is 0 Å². The second-order valence-electron chi connectivity index (χ2n) is 0.588. The number of hydrogen-bond donors (Lipinski definition) is 0. The van der Waals surface area contributed by atoms with Gasteiger partial charge in [0.25, 0.3) is 0 Å². The van der Waals surface area contributed by atoms with E-state index in [9.17, 15) is 0 Å². The zero-order chi connectivity index (χ0) is 3.54. The minimum absolute atomic E-state index is 0. The normalized spacial score (nSPS) is 6.67. The Morgan fingerprint density at radius 2 is 2.33 bits per heavy atom. The largest absolute Gasteiger partial charge is 0.147 e. The molecular weight excluding hydrogens is 148 g/mol. The second kappa shape index (κ2) is 3.28. The zero-order valence-electron chi connectivity index (χ0n) is 2.76. The van der Waals surface area contributed by atoms with Crippen LogP contribution in [0.1, 0.15) is 0 Å². The molecule has 0 unspecified atom stereocenters. The number of aromatic nitrogens is 2. The summed E-state index contributed by atoms with van der Waals surface area (Å²) in [5.74, 6) is 0. The van der Waals surface area contributed by atoms with E-state index >= 15 is 0 Å². The summed E-state index contributed by atoms with van der Waals surface area (Å²) in [5, 5.41) is 5.31. The number of rotatable bonds is 0. The van der Waals surface area contributed by atoms with Gasteiger partial charge in [-0.1, -0.05) is 4.49 Å². The van der Waals surface area contributed by atoms with Crippen molar-refractivity contribution >= 4 is 11.5 Å². The molecule has 1 rings (SSSR count). The molecule has 0 saturated heterocycles. The van der Waals surface area contributed by atoms with E-state index in [1.54, 1.807) is 6.20 Å². The molecule has 1 heterocycles. The molecule has 6 heavy (non-hydrogen) atoms. The fourth-order valence-corrected chi connectivity index (χ4v) is 0.408. The maximum Gasteiger partial charge on any atom is 0.0620 e. The van der Waals surface area contributed by atoms with Gasteiger partial charge in [-0.15, -0.1) is 5.10 Å². The standard InChI is InChI=1S/C2H2N2S.Cu/c1-2-5-4-3-1;/h1-2H;. The second-order valence-corrected chi connectivity index (χ2v) is 1.23. The van der Waals surface area contributed by atoms with E-state index in [1.807, 2.05) is 5.38 Å². The molecule has 0 aromatic carbocycles. The molecule has 37 valence electrons. The van der Waals surface area contributed by atoms with E-state index in [2.05, 4.69) is 9.59 Å². The first-order chi connectivity index (χ1) is 2.50. The molecule has 0 aliphatic carbocycles. The van der Waals surface area contributed by atoms with Gasteiger partial charge in [0.15, 0.2) is 0 Å². The average molecular weight is 150 g/mol. The van der Waals surface area contributed by atoms with Crippen LogP contribution < -0.4 is 0 Å². The molecular formula is C2H2CuN2S. The summed E-state index contributed by atoms with van der Waals surface area (Å²) in [6.45, 7) is 0. The van der Waals surface area contributed by atoms with Gasteiger partial charge in [0.1, 0.15) is 0 Å². The first-order valence-corrected chi connectivity index (χ1v) is 2.05. The van der Waals surface area contributed by atoms with Gasteiger partial charge >= 0.3 is 0 Å². The van der Waals surface area contributed by atoms with Gasteiger partial charge in [0.05, 0.1) is 6.20 Å².